The molecule has 1 amide bonds. The van der Waals surface area contributed by atoms with Gasteiger partial charge in [-0.2, -0.15) is 0 Å². The molecule has 3 aromatic rings. The summed E-state index contributed by atoms with van der Waals surface area (Å²) >= 11 is 0. The SMILES string of the molecule is CCCC(=O)N1CCN(c2nc(-c3ccccc3)nc(C)c2Cc2ccc([N+](=O)[O-])cc2)CC1. The first kappa shape index (κ1) is 23.4. The van der Waals surface area contributed by atoms with Gasteiger partial charge in [-0.3, -0.25) is 14.9 Å². The maximum atomic E-state index is 12.4. The van der Waals surface area contributed by atoms with Crippen molar-refractivity contribution < 1.29 is 9.72 Å². The van der Waals surface area contributed by atoms with Gasteiger partial charge in [-0.15, -0.1) is 0 Å². The molecule has 0 unspecified atom stereocenters. The maximum Gasteiger partial charge on any atom is 0.269 e. The number of carbonyl (C=O) groups is 1. The minimum absolute atomic E-state index is 0.0734. The number of piperazine rings is 1. The minimum Gasteiger partial charge on any atom is -0.353 e. The molecular formula is C26H29N5O3. The van der Waals surface area contributed by atoms with Crippen LogP contribution in [0.2, 0.25) is 0 Å². The molecule has 4 rings (SSSR count). The lowest BCUT2D eigenvalue weighted by Crippen LogP contribution is -2.49. The van der Waals surface area contributed by atoms with Gasteiger partial charge in [0.2, 0.25) is 5.91 Å². The summed E-state index contributed by atoms with van der Waals surface area (Å²) in [7, 11) is 0. The minimum atomic E-state index is -0.391. The highest BCUT2D eigenvalue weighted by Gasteiger charge is 2.25. The Kier molecular flexibility index (Phi) is 7.15. The molecule has 1 aliphatic heterocycles. The predicted molar refractivity (Wildman–Crippen MR) is 132 cm³/mol. The van der Waals surface area contributed by atoms with Gasteiger partial charge in [-0.25, -0.2) is 9.97 Å². The van der Waals surface area contributed by atoms with Crippen LogP contribution in [0.25, 0.3) is 11.4 Å². The Bertz CT molecular complexity index is 1160. The Balaban J connectivity index is 1.66. The topological polar surface area (TPSA) is 92.5 Å². The van der Waals surface area contributed by atoms with Crippen molar-refractivity contribution in [1.82, 2.24) is 14.9 Å². The van der Waals surface area contributed by atoms with E-state index in [-0.39, 0.29) is 11.6 Å². The largest absolute Gasteiger partial charge is 0.353 e. The van der Waals surface area contributed by atoms with E-state index in [1.165, 1.54) is 12.1 Å². The van der Waals surface area contributed by atoms with Crippen molar-refractivity contribution in [1.29, 1.82) is 0 Å². The lowest BCUT2D eigenvalue weighted by Gasteiger charge is -2.36. The molecule has 0 saturated carbocycles. The fourth-order valence-corrected chi connectivity index (χ4v) is 4.25. The average Bonchev–Trinajstić information content (AvgIpc) is 2.86. The summed E-state index contributed by atoms with van der Waals surface area (Å²) < 4.78 is 0. The summed E-state index contributed by atoms with van der Waals surface area (Å²) in [6, 6.07) is 16.5. The average molecular weight is 460 g/mol. The molecule has 2 aromatic carbocycles. The fourth-order valence-electron chi connectivity index (χ4n) is 4.25. The third-order valence-corrected chi connectivity index (χ3v) is 6.15. The molecule has 0 atom stereocenters. The number of amides is 1. The normalized spacial score (nSPS) is 13.7. The van der Waals surface area contributed by atoms with E-state index in [1.54, 1.807) is 12.1 Å². The van der Waals surface area contributed by atoms with E-state index >= 15 is 0 Å². The zero-order valence-corrected chi connectivity index (χ0v) is 19.6. The monoisotopic (exact) mass is 459 g/mol. The highest BCUT2D eigenvalue weighted by Crippen LogP contribution is 2.29. The zero-order chi connectivity index (χ0) is 24.1. The van der Waals surface area contributed by atoms with Crippen LogP contribution in [-0.4, -0.2) is 51.9 Å². The number of aryl methyl sites for hydroxylation is 1. The van der Waals surface area contributed by atoms with Gasteiger partial charge >= 0.3 is 0 Å². The molecule has 0 aliphatic carbocycles. The number of nitro groups is 1. The number of hydrogen-bond acceptors (Lipinski definition) is 6. The van der Waals surface area contributed by atoms with Crippen molar-refractivity contribution in [3.05, 3.63) is 81.5 Å². The van der Waals surface area contributed by atoms with Crippen LogP contribution in [0.1, 0.15) is 36.6 Å². The molecule has 2 heterocycles. The molecule has 0 radical (unpaired) electrons. The Hall–Kier alpha value is -3.81. The van der Waals surface area contributed by atoms with E-state index in [9.17, 15) is 14.9 Å². The predicted octanol–water partition coefficient (Wildman–Crippen LogP) is 4.40. The highest BCUT2D eigenvalue weighted by atomic mass is 16.6. The zero-order valence-electron chi connectivity index (χ0n) is 19.6. The van der Waals surface area contributed by atoms with Crippen LogP contribution >= 0.6 is 0 Å². The first-order chi connectivity index (χ1) is 16.5. The highest BCUT2D eigenvalue weighted by molar-refractivity contribution is 5.76. The Morgan fingerprint density at radius 3 is 2.29 bits per heavy atom. The van der Waals surface area contributed by atoms with Gasteiger partial charge in [-0.1, -0.05) is 49.4 Å². The number of benzene rings is 2. The number of aromatic nitrogens is 2. The van der Waals surface area contributed by atoms with Crippen LogP contribution in [0.5, 0.6) is 0 Å². The standard InChI is InChI=1S/C26H29N5O3/c1-3-7-24(32)29-14-16-30(17-15-29)26-23(18-20-10-12-22(13-11-20)31(33)34)19(2)27-25(28-26)21-8-5-4-6-9-21/h4-6,8-13H,3,7,14-18H2,1-2H3. The second-order valence-electron chi connectivity index (χ2n) is 8.52. The van der Waals surface area contributed by atoms with E-state index in [4.69, 9.17) is 9.97 Å². The lowest BCUT2D eigenvalue weighted by atomic mass is 10.0. The third kappa shape index (κ3) is 5.22. The van der Waals surface area contributed by atoms with Crippen molar-refractivity contribution >= 4 is 17.4 Å². The van der Waals surface area contributed by atoms with Crippen molar-refractivity contribution in [2.24, 2.45) is 0 Å². The fraction of sp³-hybridized carbons (Fsp3) is 0.346. The van der Waals surface area contributed by atoms with E-state index < -0.39 is 4.92 Å². The smallest absolute Gasteiger partial charge is 0.269 e. The number of carbonyl (C=O) groups excluding carboxylic acids is 1. The van der Waals surface area contributed by atoms with Gasteiger partial charge in [0.1, 0.15) is 5.82 Å². The van der Waals surface area contributed by atoms with Gasteiger partial charge < -0.3 is 9.80 Å². The number of nitrogens with zero attached hydrogens (tertiary/aromatic N) is 5. The number of non-ortho nitro benzene ring substituents is 1. The number of anilines is 1. The molecule has 176 valence electrons. The molecule has 0 N–H and O–H groups in total. The molecule has 0 bridgehead atoms. The van der Waals surface area contributed by atoms with Crippen LogP contribution < -0.4 is 4.90 Å². The molecule has 0 spiro atoms. The van der Waals surface area contributed by atoms with Gasteiger partial charge in [0, 0.05) is 68.0 Å². The summed E-state index contributed by atoms with van der Waals surface area (Å²) in [5, 5.41) is 11.0. The van der Waals surface area contributed by atoms with E-state index in [0.717, 1.165) is 34.6 Å². The molecule has 34 heavy (non-hydrogen) atoms. The maximum absolute atomic E-state index is 12.4. The van der Waals surface area contributed by atoms with E-state index in [1.807, 2.05) is 49.1 Å². The van der Waals surface area contributed by atoms with Crippen molar-refractivity contribution in [2.45, 2.75) is 33.1 Å². The number of rotatable bonds is 7. The quantitative estimate of drug-likeness (QED) is 0.384. The Morgan fingerprint density at radius 1 is 1.00 bits per heavy atom. The van der Waals surface area contributed by atoms with Crippen LogP contribution in [0.3, 0.4) is 0 Å². The van der Waals surface area contributed by atoms with Crippen molar-refractivity contribution in [3.8, 4) is 11.4 Å². The van der Waals surface area contributed by atoms with Crippen LogP contribution in [-0.2, 0) is 11.2 Å². The second-order valence-corrected chi connectivity index (χ2v) is 8.52. The van der Waals surface area contributed by atoms with E-state index in [2.05, 4.69) is 4.90 Å². The van der Waals surface area contributed by atoms with Crippen LogP contribution in [0.4, 0.5) is 11.5 Å². The Labute approximate surface area is 199 Å². The van der Waals surface area contributed by atoms with Gasteiger partial charge in [0.25, 0.3) is 5.69 Å². The van der Waals surface area contributed by atoms with Crippen molar-refractivity contribution in [3.63, 3.8) is 0 Å². The van der Waals surface area contributed by atoms with Crippen LogP contribution in [0, 0.1) is 17.0 Å². The molecule has 1 saturated heterocycles. The second kappa shape index (κ2) is 10.4. The van der Waals surface area contributed by atoms with E-state index in [0.29, 0.717) is 44.8 Å². The summed E-state index contributed by atoms with van der Waals surface area (Å²) in [5.74, 6) is 1.74. The summed E-state index contributed by atoms with van der Waals surface area (Å²) in [6.45, 7) is 6.74. The summed E-state index contributed by atoms with van der Waals surface area (Å²) in [5.41, 5.74) is 3.87. The van der Waals surface area contributed by atoms with Gasteiger partial charge in [-0.05, 0) is 18.9 Å². The van der Waals surface area contributed by atoms with Crippen molar-refractivity contribution in [2.75, 3.05) is 31.1 Å². The summed E-state index contributed by atoms with van der Waals surface area (Å²) in [6.07, 6.45) is 2.00. The number of hydrogen-bond donors (Lipinski definition) is 0. The lowest BCUT2D eigenvalue weighted by molar-refractivity contribution is -0.384. The Morgan fingerprint density at radius 2 is 1.68 bits per heavy atom. The molecular weight excluding hydrogens is 430 g/mol. The molecule has 8 nitrogen and oxygen atoms in total. The molecule has 1 aromatic heterocycles. The third-order valence-electron chi connectivity index (χ3n) is 6.15. The van der Waals surface area contributed by atoms with Crippen LogP contribution in [0.15, 0.2) is 54.6 Å². The van der Waals surface area contributed by atoms with Gasteiger partial charge in [0.15, 0.2) is 5.82 Å². The molecule has 8 heteroatoms. The van der Waals surface area contributed by atoms with Gasteiger partial charge in [0.05, 0.1) is 4.92 Å². The molecule has 1 aliphatic rings. The summed E-state index contributed by atoms with van der Waals surface area (Å²) in [4.78, 5) is 36.9. The number of nitro benzene ring substituents is 1. The molecule has 1 fully saturated rings. The first-order valence-electron chi connectivity index (χ1n) is 11.6. The first-order valence-corrected chi connectivity index (χ1v) is 11.6.